The smallest absolute Gasteiger partial charge is 0.870 e. The first kappa shape index (κ1) is 31.7. The van der Waals surface area contributed by atoms with Crippen LogP contribution in [0.4, 0.5) is 5.69 Å². The number of benzene rings is 2. The van der Waals surface area contributed by atoms with Crippen LogP contribution in [0.5, 0.6) is 0 Å². The van der Waals surface area contributed by atoms with Crippen LogP contribution in [0.2, 0.25) is 0 Å². The monoisotopic (exact) mass is 467 g/mol. The van der Waals surface area contributed by atoms with Gasteiger partial charge in [-0.3, -0.25) is 4.84 Å². The van der Waals surface area contributed by atoms with Crippen LogP contribution >= 0.6 is 0 Å². The Hall–Kier alpha value is -0.324. The average molecular weight is 468 g/mol. The van der Waals surface area contributed by atoms with Gasteiger partial charge in [-0.25, -0.2) is 0 Å². The van der Waals surface area contributed by atoms with E-state index in [-0.39, 0.29) is 62.9 Å². The van der Waals surface area contributed by atoms with Crippen molar-refractivity contribution in [2.45, 2.75) is 45.9 Å². The van der Waals surface area contributed by atoms with Gasteiger partial charge in [0.15, 0.2) is 0 Å². The van der Waals surface area contributed by atoms with Gasteiger partial charge in [-0.05, 0) is 47.7 Å². The molecule has 1 saturated heterocycles. The van der Waals surface area contributed by atoms with Gasteiger partial charge in [0, 0.05) is 39.0 Å². The molecular weight excluding hydrogens is 429 g/mol. The summed E-state index contributed by atoms with van der Waals surface area (Å²) in [7, 11) is 1.00. The summed E-state index contributed by atoms with van der Waals surface area (Å²) in [6.45, 7) is 17.5. The van der Waals surface area contributed by atoms with Crippen molar-refractivity contribution in [3.63, 3.8) is 0 Å². The van der Waals surface area contributed by atoms with E-state index in [4.69, 9.17) is 9.94 Å². The Labute approximate surface area is 237 Å². The first-order valence-electron chi connectivity index (χ1n) is 10.6. The second kappa shape index (κ2) is 17.2. The number of aliphatic hydroxyl groups is 1. The zero-order valence-electron chi connectivity index (χ0n) is 20.2. The summed E-state index contributed by atoms with van der Waals surface area (Å²) < 4.78 is 0. The normalized spacial score (nSPS) is 14.1. The van der Waals surface area contributed by atoms with Gasteiger partial charge in [-0.15, -0.1) is 12.6 Å². The molecule has 0 saturated carbocycles. The molecule has 0 bridgehead atoms. The molecule has 0 aliphatic carbocycles. The maximum absolute atomic E-state index is 7.00. The fourth-order valence-corrected chi connectivity index (χ4v) is 3.54. The minimum Gasteiger partial charge on any atom is -0.870 e. The second-order valence-corrected chi connectivity index (χ2v) is 7.75. The van der Waals surface area contributed by atoms with Gasteiger partial charge < -0.3 is 34.6 Å². The summed E-state index contributed by atoms with van der Waals surface area (Å²) in [5.74, 6) is 0. The Morgan fingerprint density at radius 3 is 2.34 bits per heavy atom. The van der Waals surface area contributed by atoms with Crippen molar-refractivity contribution in [3.05, 3.63) is 78.6 Å². The predicted molar refractivity (Wildman–Crippen MR) is 127 cm³/mol. The SMILES string of the molecule is CO.[CH2-]CN(Cc1ccc(CNc2cc(C)cc(CN3CCCO3)c2)cc1)[C@@H]([CH2-])C.[K+].[OH-]. The quantitative estimate of drug-likeness (QED) is 0.424. The molecule has 7 heteroatoms. The number of nitrogens with zero attached hydrogens (tertiary/aromatic N) is 2. The number of hydrogen-bond acceptors (Lipinski definition) is 6. The molecule has 2 aromatic carbocycles. The summed E-state index contributed by atoms with van der Waals surface area (Å²) in [5, 5.41) is 12.6. The van der Waals surface area contributed by atoms with Gasteiger partial charge >= 0.3 is 51.4 Å². The van der Waals surface area contributed by atoms with E-state index in [1.807, 2.05) is 0 Å². The van der Waals surface area contributed by atoms with Crippen molar-refractivity contribution in [2.75, 3.05) is 32.1 Å². The molecule has 0 radical (unpaired) electrons. The van der Waals surface area contributed by atoms with Crippen molar-refractivity contribution >= 4 is 5.69 Å². The third-order valence-corrected chi connectivity index (χ3v) is 5.14. The summed E-state index contributed by atoms with van der Waals surface area (Å²) in [6, 6.07) is 15.7. The predicted octanol–water partition coefficient (Wildman–Crippen LogP) is 1.04. The molecule has 2 aromatic rings. The molecule has 1 fully saturated rings. The van der Waals surface area contributed by atoms with E-state index in [0.29, 0.717) is 0 Å². The van der Waals surface area contributed by atoms with Crippen LogP contribution in [0.25, 0.3) is 0 Å². The number of hydrogen-bond donors (Lipinski definition) is 2. The van der Waals surface area contributed by atoms with E-state index < -0.39 is 0 Å². The maximum Gasteiger partial charge on any atom is 1.00 e. The van der Waals surface area contributed by atoms with Crippen molar-refractivity contribution in [1.82, 2.24) is 9.96 Å². The molecular formula is C25H38KN3O3-2. The summed E-state index contributed by atoms with van der Waals surface area (Å²) in [6.07, 6.45) is 1.12. The van der Waals surface area contributed by atoms with Gasteiger partial charge in [-0.1, -0.05) is 37.3 Å². The van der Waals surface area contributed by atoms with Crippen molar-refractivity contribution in [2.24, 2.45) is 0 Å². The largest absolute Gasteiger partial charge is 1.00 e. The Morgan fingerprint density at radius 2 is 1.78 bits per heavy atom. The second-order valence-electron chi connectivity index (χ2n) is 7.75. The molecule has 1 aliphatic rings. The van der Waals surface area contributed by atoms with Gasteiger partial charge in [0.1, 0.15) is 0 Å². The number of hydroxylamine groups is 2. The van der Waals surface area contributed by atoms with Crippen LogP contribution in [0.1, 0.15) is 35.6 Å². The molecule has 1 heterocycles. The molecule has 1 aliphatic heterocycles. The summed E-state index contributed by atoms with van der Waals surface area (Å²) in [4.78, 5) is 7.88. The van der Waals surface area contributed by atoms with Crippen LogP contribution in [0.15, 0.2) is 42.5 Å². The fraction of sp³-hybridized carbons (Fsp3) is 0.440. The van der Waals surface area contributed by atoms with E-state index in [9.17, 15) is 0 Å². The molecule has 32 heavy (non-hydrogen) atoms. The van der Waals surface area contributed by atoms with Crippen LogP contribution in [0, 0.1) is 20.8 Å². The van der Waals surface area contributed by atoms with Crippen molar-refractivity contribution in [3.8, 4) is 0 Å². The molecule has 174 valence electrons. The minimum absolute atomic E-state index is 0. The average Bonchev–Trinajstić information content (AvgIpc) is 3.25. The molecule has 0 aromatic heterocycles. The molecule has 0 spiro atoms. The maximum atomic E-state index is 7.00. The van der Waals surface area contributed by atoms with E-state index in [1.54, 1.807) is 0 Å². The first-order chi connectivity index (χ1) is 14.5. The number of nitrogens with one attached hydrogen (secondary N) is 1. The van der Waals surface area contributed by atoms with E-state index in [0.717, 1.165) is 58.5 Å². The Balaban J connectivity index is 0.00000234. The van der Waals surface area contributed by atoms with Crippen LogP contribution in [-0.2, 0) is 24.5 Å². The topological polar surface area (TPSA) is 78.0 Å². The zero-order valence-corrected chi connectivity index (χ0v) is 23.3. The Morgan fingerprint density at radius 1 is 1.12 bits per heavy atom. The first-order valence-corrected chi connectivity index (χ1v) is 10.6. The third-order valence-electron chi connectivity index (χ3n) is 5.14. The molecule has 1 atom stereocenters. The van der Waals surface area contributed by atoms with Gasteiger partial charge in [0.2, 0.25) is 0 Å². The summed E-state index contributed by atoms with van der Waals surface area (Å²) >= 11 is 0. The van der Waals surface area contributed by atoms with Gasteiger partial charge in [0.25, 0.3) is 0 Å². The number of rotatable bonds is 9. The van der Waals surface area contributed by atoms with E-state index >= 15 is 0 Å². The molecule has 3 N–H and O–H groups in total. The minimum atomic E-state index is 0. The molecule has 0 amide bonds. The zero-order chi connectivity index (χ0) is 21.9. The number of aryl methyl sites for hydroxylation is 1. The van der Waals surface area contributed by atoms with Crippen LogP contribution in [-0.4, -0.2) is 53.4 Å². The van der Waals surface area contributed by atoms with E-state index in [2.05, 4.69) is 85.4 Å². The van der Waals surface area contributed by atoms with E-state index in [1.165, 1.54) is 22.3 Å². The fourth-order valence-electron chi connectivity index (χ4n) is 3.54. The molecule has 6 nitrogen and oxygen atoms in total. The van der Waals surface area contributed by atoms with Gasteiger partial charge in [0.05, 0.1) is 6.61 Å². The van der Waals surface area contributed by atoms with Crippen molar-refractivity contribution < 1.29 is 66.8 Å². The standard InChI is InChI=1S/C24H33N3O.CH4O.K.H2O/c1-5-26(19(2)3)17-22-9-7-21(8-10-22)16-25-24-14-20(4)13-23(15-24)18-27-11-6-12-28-27;1-2;;/h7-10,13-15,19,25H,1-2,5-6,11-12,16-18H2,3-4H3;2H,1H3;;1H2/q-2;;+1;/p-1/t19-;;;/m0.../s1. The Kier molecular flexibility index (Phi) is 17.0. The molecule has 3 rings (SSSR count). The third kappa shape index (κ3) is 10.7. The summed E-state index contributed by atoms with van der Waals surface area (Å²) in [5.41, 5.74) is 6.29. The van der Waals surface area contributed by atoms with Crippen LogP contribution < -0.4 is 56.7 Å². The number of aliphatic hydroxyl groups excluding tert-OH is 1. The number of anilines is 1. The van der Waals surface area contributed by atoms with Crippen molar-refractivity contribution in [1.29, 1.82) is 0 Å². The molecule has 0 unspecified atom stereocenters. The Bertz CT molecular complexity index is 751. The van der Waals surface area contributed by atoms with Crippen LogP contribution in [0.3, 0.4) is 0 Å². The van der Waals surface area contributed by atoms with Gasteiger partial charge in [-0.2, -0.15) is 5.06 Å².